The van der Waals surface area contributed by atoms with Gasteiger partial charge in [-0.15, -0.1) is 10.2 Å². The molecule has 0 atom stereocenters. The maximum atomic E-state index is 12.1. The van der Waals surface area contributed by atoms with Crippen LogP contribution in [0.3, 0.4) is 0 Å². The van der Waals surface area contributed by atoms with Crippen molar-refractivity contribution in [3.63, 3.8) is 0 Å². The molecule has 1 aromatic carbocycles. The number of anilines is 1. The third-order valence-electron chi connectivity index (χ3n) is 3.34. The van der Waals surface area contributed by atoms with E-state index in [1.807, 2.05) is 18.2 Å². The van der Waals surface area contributed by atoms with Gasteiger partial charge in [0, 0.05) is 13.1 Å². The Balaban J connectivity index is 1.56. The van der Waals surface area contributed by atoms with Crippen LogP contribution < -0.4 is 20.1 Å². The van der Waals surface area contributed by atoms with Crippen LogP contribution in [0.4, 0.5) is 5.82 Å². The van der Waals surface area contributed by atoms with Crippen molar-refractivity contribution in [2.75, 3.05) is 18.7 Å². The summed E-state index contributed by atoms with van der Waals surface area (Å²) in [5.74, 6) is 1.82. The summed E-state index contributed by atoms with van der Waals surface area (Å²) in [6, 6.07) is 8.97. The van der Waals surface area contributed by atoms with Gasteiger partial charge in [-0.3, -0.25) is 4.79 Å². The summed E-state index contributed by atoms with van der Waals surface area (Å²) in [4.78, 5) is 12.1. The second-order valence-electron chi connectivity index (χ2n) is 5.10. The largest absolute Gasteiger partial charge is 0.454 e. The van der Waals surface area contributed by atoms with Crippen LogP contribution >= 0.6 is 0 Å². The smallest absolute Gasteiger partial charge is 0.272 e. The summed E-state index contributed by atoms with van der Waals surface area (Å²) in [6.45, 7) is 3.51. The number of amides is 1. The van der Waals surface area contributed by atoms with E-state index in [4.69, 9.17) is 9.47 Å². The highest BCUT2D eigenvalue weighted by Crippen LogP contribution is 2.32. The zero-order chi connectivity index (χ0) is 16.1. The Labute approximate surface area is 134 Å². The van der Waals surface area contributed by atoms with E-state index in [1.165, 1.54) is 0 Å². The van der Waals surface area contributed by atoms with Crippen LogP contribution in [0.1, 0.15) is 29.4 Å². The Kier molecular flexibility index (Phi) is 4.56. The number of rotatable bonds is 6. The molecule has 0 saturated heterocycles. The van der Waals surface area contributed by atoms with Gasteiger partial charge in [0.05, 0.1) is 0 Å². The number of carbonyl (C=O) groups is 1. The van der Waals surface area contributed by atoms with Crippen molar-refractivity contribution >= 4 is 11.7 Å². The van der Waals surface area contributed by atoms with E-state index in [0.717, 1.165) is 24.3 Å². The van der Waals surface area contributed by atoms with Crippen LogP contribution in [0, 0.1) is 0 Å². The summed E-state index contributed by atoms with van der Waals surface area (Å²) in [5.41, 5.74) is 1.21. The minimum absolute atomic E-state index is 0.235. The molecule has 7 heteroatoms. The molecule has 0 spiro atoms. The molecule has 0 saturated carbocycles. The van der Waals surface area contributed by atoms with Crippen LogP contribution in [0.15, 0.2) is 30.3 Å². The lowest BCUT2D eigenvalue weighted by molar-refractivity contribution is 0.0945. The number of nitrogens with zero attached hydrogens (tertiary/aromatic N) is 2. The lowest BCUT2D eigenvalue weighted by Crippen LogP contribution is -2.24. The van der Waals surface area contributed by atoms with Gasteiger partial charge in [0.1, 0.15) is 5.82 Å². The molecule has 23 heavy (non-hydrogen) atoms. The number of nitrogens with one attached hydrogen (secondary N) is 2. The molecule has 7 nitrogen and oxygen atoms in total. The van der Waals surface area contributed by atoms with Gasteiger partial charge in [-0.25, -0.2) is 0 Å². The number of benzene rings is 1. The molecular formula is C16H18N4O3. The standard InChI is InChI=1S/C16H18N4O3/c1-2-7-17-15-6-4-12(19-20-15)16(21)18-9-11-3-5-13-14(8-11)23-10-22-13/h3-6,8H,2,7,9-10H2,1H3,(H,17,20)(H,18,21). The second kappa shape index (κ2) is 6.95. The molecule has 2 heterocycles. The Morgan fingerprint density at radius 3 is 2.83 bits per heavy atom. The molecule has 0 radical (unpaired) electrons. The lowest BCUT2D eigenvalue weighted by atomic mass is 10.2. The summed E-state index contributed by atoms with van der Waals surface area (Å²) in [5, 5.41) is 13.8. The highest BCUT2D eigenvalue weighted by Gasteiger charge is 2.14. The predicted molar refractivity (Wildman–Crippen MR) is 84.5 cm³/mol. The van der Waals surface area contributed by atoms with Crippen molar-refractivity contribution in [3.05, 3.63) is 41.6 Å². The third-order valence-corrected chi connectivity index (χ3v) is 3.34. The van der Waals surface area contributed by atoms with Gasteiger partial charge in [-0.2, -0.15) is 0 Å². The van der Waals surface area contributed by atoms with E-state index in [2.05, 4.69) is 27.8 Å². The molecule has 1 aliphatic rings. The molecule has 120 valence electrons. The second-order valence-corrected chi connectivity index (χ2v) is 5.10. The maximum Gasteiger partial charge on any atom is 0.272 e. The Morgan fingerprint density at radius 2 is 2.04 bits per heavy atom. The number of aromatic nitrogens is 2. The first-order chi connectivity index (χ1) is 11.3. The zero-order valence-corrected chi connectivity index (χ0v) is 12.8. The molecule has 2 aromatic rings. The highest BCUT2D eigenvalue weighted by atomic mass is 16.7. The molecule has 0 fully saturated rings. The molecule has 1 aromatic heterocycles. The van der Waals surface area contributed by atoms with E-state index in [0.29, 0.717) is 18.1 Å². The number of hydrogen-bond acceptors (Lipinski definition) is 6. The minimum Gasteiger partial charge on any atom is -0.454 e. The SMILES string of the molecule is CCCNc1ccc(C(=O)NCc2ccc3c(c2)OCO3)nn1. The highest BCUT2D eigenvalue weighted by molar-refractivity contribution is 5.92. The normalized spacial score (nSPS) is 12.0. The third kappa shape index (κ3) is 3.68. The van der Waals surface area contributed by atoms with Crippen molar-refractivity contribution in [2.24, 2.45) is 0 Å². The first kappa shape index (κ1) is 15.1. The molecule has 0 aliphatic carbocycles. The van der Waals surface area contributed by atoms with E-state index in [-0.39, 0.29) is 18.4 Å². The van der Waals surface area contributed by atoms with Crippen molar-refractivity contribution < 1.29 is 14.3 Å². The number of carbonyl (C=O) groups excluding carboxylic acids is 1. The monoisotopic (exact) mass is 314 g/mol. The van der Waals surface area contributed by atoms with Crippen LogP contribution in [-0.2, 0) is 6.54 Å². The van der Waals surface area contributed by atoms with Gasteiger partial charge < -0.3 is 20.1 Å². The number of hydrogen-bond donors (Lipinski definition) is 2. The average Bonchev–Trinajstić information content (AvgIpc) is 3.06. The number of fused-ring (bicyclic) bond motifs is 1. The Morgan fingerprint density at radius 1 is 1.17 bits per heavy atom. The fourth-order valence-corrected chi connectivity index (χ4v) is 2.12. The topological polar surface area (TPSA) is 85.4 Å². The van der Waals surface area contributed by atoms with Crippen molar-refractivity contribution in [1.29, 1.82) is 0 Å². The summed E-state index contributed by atoms with van der Waals surface area (Å²) >= 11 is 0. The first-order valence-corrected chi connectivity index (χ1v) is 7.50. The molecule has 0 unspecified atom stereocenters. The molecule has 1 amide bonds. The zero-order valence-electron chi connectivity index (χ0n) is 12.8. The Hall–Kier alpha value is -2.83. The molecule has 3 rings (SSSR count). The van der Waals surface area contributed by atoms with Crippen molar-refractivity contribution in [3.8, 4) is 11.5 Å². The summed E-state index contributed by atoms with van der Waals surface area (Å²) in [7, 11) is 0. The molecular weight excluding hydrogens is 296 g/mol. The fourth-order valence-electron chi connectivity index (χ4n) is 2.12. The average molecular weight is 314 g/mol. The number of ether oxygens (including phenoxy) is 2. The fraction of sp³-hybridized carbons (Fsp3) is 0.312. The summed E-state index contributed by atoms with van der Waals surface area (Å²) < 4.78 is 10.6. The van der Waals surface area contributed by atoms with Crippen molar-refractivity contribution in [1.82, 2.24) is 15.5 Å². The maximum absolute atomic E-state index is 12.1. The van der Waals surface area contributed by atoms with Gasteiger partial charge in [0.25, 0.3) is 5.91 Å². The van der Waals surface area contributed by atoms with Gasteiger partial charge in [0.2, 0.25) is 6.79 Å². The van der Waals surface area contributed by atoms with E-state index in [1.54, 1.807) is 12.1 Å². The summed E-state index contributed by atoms with van der Waals surface area (Å²) in [6.07, 6.45) is 0.999. The van der Waals surface area contributed by atoms with Gasteiger partial charge in [-0.05, 0) is 36.2 Å². The quantitative estimate of drug-likeness (QED) is 0.848. The molecule has 0 bridgehead atoms. The van der Waals surface area contributed by atoms with Gasteiger partial charge in [-0.1, -0.05) is 13.0 Å². The van der Waals surface area contributed by atoms with Crippen LogP contribution in [0.25, 0.3) is 0 Å². The Bertz CT molecular complexity index is 688. The van der Waals surface area contributed by atoms with Crippen LogP contribution in [0.2, 0.25) is 0 Å². The predicted octanol–water partition coefficient (Wildman–Crippen LogP) is 1.96. The minimum atomic E-state index is -0.266. The van der Waals surface area contributed by atoms with E-state index >= 15 is 0 Å². The first-order valence-electron chi connectivity index (χ1n) is 7.50. The van der Waals surface area contributed by atoms with Crippen LogP contribution in [0.5, 0.6) is 11.5 Å². The van der Waals surface area contributed by atoms with E-state index in [9.17, 15) is 4.79 Å². The molecule has 1 aliphatic heterocycles. The van der Waals surface area contributed by atoms with E-state index < -0.39 is 0 Å². The van der Waals surface area contributed by atoms with Gasteiger partial charge >= 0.3 is 0 Å². The van der Waals surface area contributed by atoms with Crippen molar-refractivity contribution in [2.45, 2.75) is 19.9 Å². The lowest BCUT2D eigenvalue weighted by Gasteiger charge is -2.06. The van der Waals surface area contributed by atoms with Gasteiger partial charge in [0.15, 0.2) is 17.2 Å². The van der Waals surface area contributed by atoms with Crippen LogP contribution in [-0.4, -0.2) is 29.4 Å². The molecule has 2 N–H and O–H groups in total.